The van der Waals surface area contributed by atoms with E-state index in [9.17, 15) is 13.2 Å². The van der Waals surface area contributed by atoms with Gasteiger partial charge in [-0.1, -0.05) is 23.8 Å². The van der Waals surface area contributed by atoms with Crippen LogP contribution in [-0.4, -0.2) is 69.6 Å². The van der Waals surface area contributed by atoms with Crippen molar-refractivity contribution in [3.63, 3.8) is 0 Å². The molecule has 0 saturated carbocycles. The van der Waals surface area contributed by atoms with Crippen LogP contribution in [-0.2, 0) is 14.8 Å². The smallest absolute Gasteiger partial charge is 0.410 e. The van der Waals surface area contributed by atoms with Gasteiger partial charge in [-0.25, -0.2) is 27.2 Å². The van der Waals surface area contributed by atoms with Crippen LogP contribution in [0.15, 0.2) is 66.1 Å². The second-order valence-corrected chi connectivity index (χ2v) is 12.6. The molecule has 204 valence electrons. The highest BCUT2D eigenvalue weighted by Gasteiger charge is 2.33. The molecule has 1 atom stereocenters. The third-order valence-electron chi connectivity index (χ3n) is 6.60. The molecule has 11 heteroatoms. The van der Waals surface area contributed by atoms with Crippen molar-refractivity contribution in [3.05, 3.63) is 66.7 Å². The Kier molecular flexibility index (Phi) is 6.79. The lowest BCUT2D eigenvalue weighted by Gasteiger charge is -2.41. The maximum atomic E-state index is 13.8. The van der Waals surface area contributed by atoms with E-state index in [0.717, 1.165) is 5.56 Å². The number of hydrogen-bond donors (Lipinski definition) is 0. The van der Waals surface area contributed by atoms with Gasteiger partial charge < -0.3 is 14.5 Å². The van der Waals surface area contributed by atoms with E-state index in [1.165, 1.54) is 10.3 Å². The van der Waals surface area contributed by atoms with Crippen molar-refractivity contribution in [2.45, 2.75) is 51.2 Å². The molecule has 1 aliphatic rings. The van der Waals surface area contributed by atoms with Gasteiger partial charge in [0.05, 0.1) is 16.0 Å². The number of carbonyl (C=O) groups excluding carboxylic acids is 1. The number of piperazine rings is 1. The largest absolute Gasteiger partial charge is 0.444 e. The number of amides is 1. The van der Waals surface area contributed by atoms with Crippen molar-refractivity contribution in [2.24, 2.45) is 0 Å². The van der Waals surface area contributed by atoms with Gasteiger partial charge in [-0.05, 0) is 58.9 Å². The van der Waals surface area contributed by atoms with E-state index < -0.39 is 15.6 Å². The molecule has 1 unspecified atom stereocenters. The molecule has 0 aliphatic carbocycles. The molecule has 1 aliphatic heterocycles. The zero-order valence-electron chi connectivity index (χ0n) is 22.7. The monoisotopic (exact) mass is 548 g/mol. The minimum absolute atomic E-state index is 0.113. The van der Waals surface area contributed by atoms with E-state index in [1.54, 1.807) is 47.6 Å². The van der Waals surface area contributed by atoms with Gasteiger partial charge in [0.15, 0.2) is 5.65 Å². The summed E-state index contributed by atoms with van der Waals surface area (Å²) in [6.07, 6.45) is 4.26. The highest BCUT2D eigenvalue weighted by molar-refractivity contribution is 7.90. The molecule has 0 radical (unpaired) electrons. The summed E-state index contributed by atoms with van der Waals surface area (Å²) in [6, 6.07) is 12.1. The summed E-state index contributed by atoms with van der Waals surface area (Å²) < 4.78 is 34.4. The number of carbonyl (C=O) groups is 1. The standard InChI is InChI=1S/C28H32N6O4S/c1-19-9-11-21(12-10-19)39(36,37)34-17-22(23-8-6-7-13-29-23)24-25(30-18-31-26(24)34)33-15-14-32(16-20(33)2)27(35)38-28(3,4)5/h6-13,17-18,20H,14-16H2,1-5H3. The van der Waals surface area contributed by atoms with E-state index in [4.69, 9.17) is 4.74 Å². The molecule has 1 fully saturated rings. The Balaban J connectivity index is 1.61. The number of benzene rings is 1. The highest BCUT2D eigenvalue weighted by atomic mass is 32.2. The fraction of sp³-hybridized carbons (Fsp3) is 0.357. The Labute approximate surface area is 228 Å². The first-order valence-corrected chi connectivity index (χ1v) is 14.2. The Morgan fingerprint density at radius 1 is 1.03 bits per heavy atom. The van der Waals surface area contributed by atoms with Gasteiger partial charge in [-0.3, -0.25) is 4.98 Å². The second kappa shape index (κ2) is 9.96. The quantitative estimate of drug-likeness (QED) is 0.367. The molecule has 5 rings (SSSR count). The third-order valence-corrected chi connectivity index (χ3v) is 8.27. The van der Waals surface area contributed by atoms with Crippen LogP contribution >= 0.6 is 0 Å². The maximum absolute atomic E-state index is 13.8. The molecule has 0 N–H and O–H groups in total. The number of hydrogen-bond acceptors (Lipinski definition) is 8. The minimum atomic E-state index is -3.96. The zero-order valence-corrected chi connectivity index (χ0v) is 23.5. The van der Waals surface area contributed by atoms with Crippen molar-refractivity contribution in [3.8, 4) is 11.3 Å². The number of pyridine rings is 1. The van der Waals surface area contributed by atoms with Crippen molar-refractivity contribution in [2.75, 3.05) is 24.5 Å². The lowest BCUT2D eigenvalue weighted by atomic mass is 10.1. The molecule has 3 aromatic heterocycles. The number of rotatable bonds is 4. The lowest BCUT2D eigenvalue weighted by Crippen LogP contribution is -2.54. The SMILES string of the molecule is Cc1ccc(S(=O)(=O)n2cc(-c3ccccn3)c3c(N4CCN(C(=O)OC(C)(C)C)CC4C)ncnc32)cc1. The average Bonchev–Trinajstić information content (AvgIpc) is 3.29. The van der Waals surface area contributed by atoms with Crippen molar-refractivity contribution in [1.82, 2.24) is 23.8 Å². The van der Waals surface area contributed by atoms with Crippen molar-refractivity contribution >= 4 is 33.0 Å². The van der Waals surface area contributed by atoms with Crippen LogP contribution in [0.1, 0.15) is 33.3 Å². The van der Waals surface area contributed by atoms with E-state index in [-0.39, 0.29) is 22.7 Å². The van der Waals surface area contributed by atoms with Crippen LogP contribution < -0.4 is 4.90 Å². The average molecular weight is 549 g/mol. The molecule has 0 bridgehead atoms. The fourth-order valence-corrected chi connectivity index (χ4v) is 6.04. The molecule has 1 amide bonds. The summed E-state index contributed by atoms with van der Waals surface area (Å²) >= 11 is 0. The summed E-state index contributed by atoms with van der Waals surface area (Å²) in [6.45, 7) is 10.8. The van der Waals surface area contributed by atoms with E-state index in [0.29, 0.717) is 42.1 Å². The van der Waals surface area contributed by atoms with Crippen molar-refractivity contribution in [1.29, 1.82) is 0 Å². The maximum Gasteiger partial charge on any atom is 0.410 e. The lowest BCUT2D eigenvalue weighted by molar-refractivity contribution is 0.0218. The minimum Gasteiger partial charge on any atom is -0.444 e. The summed E-state index contributed by atoms with van der Waals surface area (Å²) in [7, 11) is -3.96. The fourth-order valence-electron chi connectivity index (χ4n) is 4.72. The number of ether oxygens (including phenoxy) is 1. The van der Waals surface area contributed by atoms with Crippen LogP contribution in [0, 0.1) is 6.92 Å². The number of nitrogens with zero attached hydrogens (tertiary/aromatic N) is 6. The summed E-state index contributed by atoms with van der Waals surface area (Å²) in [5, 5.41) is 0.587. The molecule has 1 saturated heterocycles. The van der Waals surface area contributed by atoms with Crippen LogP contribution in [0.2, 0.25) is 0 Å². The van der Waals surface area contributed by atoms with Crippen molar-refractivity contribution < 1.29 is 17.9 Å². The van der Waals surface area contributed by atoms with E-state index >= 15 is 0 Å². The zero-order chi connectivity index (χ0) is 27.9. The van der Waals surface area contributed by atoms with Crippen LogP contribution in [0.3, 0.4) is 0 Å². The third kappa shape index (κ3) is 5.18. The van der Waals surface area contributed by atoms with E-state index in [1.807, 2.05) is 46.8 Å². The normalized spacial score (nSPS) is 16.5. The molecular formula is C28H32N6O4S. The Bertz CT molecular complexity index is 1610. The molecular weight excluding hydrogens is 516 g/mol. The molecule has 10 nitrogen and oxygen atoms in total. The summed E-state index contributed by atoms with van der Waals surface area (Å²) in [5.41, 5.74) is 1.86. The number of aryl methyl sites for hydroxylation is 1. The predicted molar refractivity (Wildman–Crippen MR) is 149 cm³/mol. The number of fused-ring (bicyclic) bond motifs is 1. The van der Waals surface area contributed by atoms with Gasteiger partial charge in [-0.2, -0.15) is 0 Å². The van der Waals surface area contributed by atoms with Crippen LogP contribution in [0.5, 0.6) is 0 Å². The van der Waals surface area contributed by atoms with Gasteiger partial charge >= 0.3 is 6.09 Å². The summed E-state index contributed by atoms with van der Waals surface area (Å²) in [4.78, 5) is 30.2. The van der Waals surface area contributed by atoms with E-state index in [2.05, 4.69) is 19.9 Å². The Morgan fingerprint density at radius 2 is 1.77 bits per heavy atom. The van der Waals surface area contributed by atoms with Gasteiger partial charge in [0, 0.05) is 43.6 Å². The van der Waals surface area contributed by atoms with Gasteiger partial charge in [0.1, 0.15) is 17.7 Å². The van der Waals surface area contributed by atoms with Crippen LogP contribution in [0.25, 0.3) is 22.3 Å². The Morgan fingerprint density at radius 3 is 2.41 bits per heavy atom. The van der Waals surface area contributed by atoms with Crippen LogP contribution in [0.4, 0.5) is 10.6 Å². The first-order chi connectivity index (χ1) is 18.5. The van der Waals surface area contributed by atoms with Gasteiger partial charge in [0.2, 0.25) is 0 Å². The summed E-state index contributed by atoms with van der Waals surface area (Å²) in [5.74, 6) is 0.592. The first kappa shape index (κ1) is 26.6. The molecule has 1 aromatic carbocycles. The molecule has 4 heterocycles. The highest BCUT2D eigenvalue weighted by Crippen LogP contribution is 2.37. The first-order valence-electron chi connectivity index (χ1n) is 12.8. The topological polar surface area (TPSA) is 111 Å². The molecule has 39 heavy (non-hydrogen) atoms. The number of anilines is 1. The molecule has 4 aromatic rings. The van der Waals surface area contributed by atoms with Gasteiger partial charge in [0.25, 0.3) is 10.0 Å². The second-order valence-electron chi connectivity index (χ2n) is 10.7. The molecule has 0 spiro atoms. The predicted octanol–water partition coefficient (Wildman–Crippen LogP) is 4.48. The Hall–Kier alpha value is -3.99. The van der Waals surface area contributed by atoms with Gasteiger partial charge in [-0.15, -0.1) is 0 Å². The number of aromatic nitrogens is 4.